The summed E-state index contributed by atoms with van der Waals surface area (Å²) in [6.07, 6.45) is -0.176. The number of nitrogens with zero attached hydrogens (tertiary/aromatic N) is 3. The fourth-order valence-electron chi connectivity index (χ4n) is 3.89. The van der Waals surface area contributed by atoms with Gasteiger partial charge in [-0.3, -0.25) is 19.9 Å². The summed E-state index contributed by atoms with van der Waals surface area (Å²) in [7, 11) is 0. The summed E-state index contributed by atoms with van der Waals surface area (Å²) in [6, 6.07) is 5.87. The lowest BCUT2D eigenvalue weighted by molar-refractivity contribution is -0.121. The van der Waals surface area contributed by atoms with Gasteiger partial charge in [0.2, 0.25) is 5.91 Å². The molecule has 0 bridgehead atoms. The van der Waals surface area contributed by atoms with E-state index in [1.807, 2.05) is 0 Å². The van der Waals surface area contributed by atoms with E-state index in [9.17, 15) is 18.0 Å². The summed E-state index contributed by atoms with van der Waals surface area (Å²) in [5.74, 6) is -3.32. The monoisotopic (exact) mass is 497 g/mol. The summed E-state index contributed by atoms with van der Waals surface area (Å²) >= 11 is 1.26. The molecule has 3 heterocycles. The van der Waals surface area contributed by atoms with Crippen molar-refractivity contribution >= 4 is 22.4 Å². The molecule has 0 saturated carbocycles. The molecule has 2 saturated heterocycles. The van der Waals surface area contributed by atoms with Gasteiger partial charge in [0.1, 0.15) is 5.82 Å². The largest absolute Gasteiger partial charge is 0.379 e. The molecule has 11 heteroatoms. The van der Waals surface area contributed by atoms with E-state index in [1.54, 1.807) is 30.9 Å². The maximum Gasteiger partial charge on any atom is 0.261 e. The second-order valence-electron chi connectivity index (χ2n) is 9.26. The topological polar surface area (TPSA) is 69.7 Å². The number of rotatable bonds is 8. The number of amides is 1. The molecule has 0 aliphatic carbocycles. The van der Waals surface area contributed by atoms with E-state index in [0.717, 1.165) is 18.0 Å². The highest BCUT2D eigenvalue weighted by atomic mass is 32.1. The number of carbonyl (C=O) groups excluding carboxylic acids is 1. The Hall–Kier alpha value is -2.05. The van der Waals surface area contributed by atoms with Crippen LogP contribution in [0.15, 0.2) is 24.3 Å². The number of carbonyl (C=O) groups is 1. The molecule has 1 aromatic carbocycles. The van der Waals surface area contributed by atoms with E-state index < -0.39 is 11.5 Å². The molecule has 186 valence electrons. The first-order valence-corrected chi connectivity index (χ1v) is 12.2. The Bertz CT molecular complexity index is 993. The third kappa shape index (κ3) is 6.33. The molecule has 0 atom stereocenters. The summed E-state index contributed by atoms with van der Waals surface area (Å²) < 4.78 is 46.2. The standard InChI is InChI=1S/C23H30F3N5O2S/c1-22(2,27-15-30-9-11-33-12-10-30)20(32)29-21-28-19(16-3-5-17(24)6-4-16)18(34-21)13-31-8-7-23(25,26)14-31/h3-6,27H,7-15H2,1-2H3,(H,28,29,32). The van der Waals surface area contributed by atoms with Gasteiger partial charge >= 0.3 is 0 Å². The maximum atomic E-state index is 13.7. The first-order chi connectivity index (χ1) is 16.1. The van der Waals surface area contributed by atoms with Crippen LogP contribution in [0.5, 0.6) is 0 Å². The Kier molecular flexibility index (Phi) is 7.58. The predicted molar refractivity (Wildman–Crippen MR) is 125 cm³/mol. The number of thiazole rings is 1. The first kappa shape index (κ1) is 25.1. The van der Waals surface area contributed by atoms with E-state index >= 15 is 0 Å². The summed E-state index contributed by atoms with van der Waals surface area (Å²) in [5.41, 5.74) is 0.371. The Morgan fingerprint density at radius 3 is 2.53 bits per heavy atom. The molecule has 1 amide bonds. The van der Waals surface area contributed by atoms with Crippen LogP contribution < -0.4 is 10.6 Å². The van der Waals surface area contributed by atoms with Gasteiger partial charge in [-0.1, -0.05) is 11.3 Å². The van der Waals surface area contributed by atoms with Gasteiger partial charge in [0.05, 0.1) is 31.0 Å². The van der Waals surface area contributed by atoms with Crippen molar-refractivity contribution in [1.29, 1.82) is 0 Å². The average Bonchev–Trinajstić information content (AvgIpc) is 3.35. The van der Waals surface area contributed by atoms with Crippen LogP contribution in [-0.2, 0) is 16.1 Å². The summed E-state index contributed by atoms with van der Waals surface area (Å²) in [5, 5.41) is 6.53. The number of anilines is 1. The van der Waals surface area contributed by atoms with E-state index in [4.69, 9.17) is 4.74 Å². The fourth-order valence-corrected chi connectivity index (χ4v) is 4.91. The lowest BCUT2D eigenvalue weighted by Crippen LogP contribution is -2.54. The third-order valence-electron chi connectivity index (χ3n) is 6.07. The second kappa shape index (κ2) is 10.3. The molecule has 2 N–H and O–H groups in total. The highest BCUT2D eigenvalue weighted by molar-refractivity contribution is 7.16. The first-order valence-electron chi connectivity index (χ1n) is 11.3. The average molecular weight is 498 g/mol. The van der Waals surface area contributed by atoms with Crippen molar-refractivity contribution in [2.75, 3.05) is 51.4 Å². The minimum Gasteiger partial charge on any atom is -0.379 e. The zero-order valence-electron chi connectivity index (χ0n) is 19.4. The molecule has 0 unspecified atom stereocenters. The number of ether oxygens (including phenoxy) is 1. The van der Waals surface area contributed by atoms with Crippen molar-refractivity contribution < 1.29 is 22.7 Å². The van der Waals surface area contributed by atoms with Crippen LogP contribution in [0.4, 0.5) is 18.3 Å². The molecule has 4 rings (SSSR count). The molecule has 34 heavy (non-hydrogen) atoms. The summed E-state index contributed by atoms with van der Waals surface area (Å²) in [4.78, 5) is 22.2. The Morgan fingerprint density at radius 2 is 1.88 bits per heavy atom. The molecule has 0 radical (unpaired) electrons. The van der Waals surface area contributed by atoms with Crippen LogP contribution >= 0.6 is 11.3 Å². The zero-order valence-corrected chi connectivity index (χ0v) is 20.2. The van der Waals surface area contributed by atoms with Crippen molar-refractivity contribution in [2.24, 2.45) is 0 Å². The maximum absolute atomic E-state index is 13.7. The fraction of sp³-hybridized carbons (Fsp3) is 0.565. The number of morpholine rings is 1. The van der Waals surface area contributed by atoms with Crippen LogP contribution in [-0.4, -0.2) is 78.2 Å². The van der Waals surface area contributed by atoms with Crippen LogP contribution in [0.25, 0.3) is 11.3 Å². The molecule has 1 aromatic heterocycles. The van der Waals surface area contributed by atoms with Crippen molar-refractivity contribution in [2.45, 2.75) is 38.3 Å². The number of nitrogens with one attached hydrogen (secondary N) is 2. The van der Waals surface area contributed by atoms with E-state index in [-0.39, 0.29) is 37.8 Å². The van der Waals surface area contributed by atoms with Gasteiger partial charge in [0.25, 0.3) is 5.92 Å². The van der Waals surface area contributed by atoms with Gasteiger partial charge in [-0.25, -0.2) is 18.2 Å². The number of hydrogen-bond donors (Lipinski definition) is 2. The van der Waals surface area contributed by atoms with Crippen LogP contribution in [0, 0.1) is 5.82 Å². The second-order valence-corrected chi connectivity index (χ2v) is 10.3. The summed E-state index contributed by atoms with van der Waals surface area (Å²) in [6.45, 7) is 7.35. The minimum absolute atomic E-state index is 0.176. The van der Waals surface area contributed by atoms with E-state index in [1.165, 1.54) is 23.5 Å². The van der Waals surface area contributed by atoms with Crippen LogP contribution in [0.3, 0.4) is 0 Å². The van der Waals surface area contributed by atoms with Gasteiger partial charge in [-0.2, -0.15) is 0 Å². The Labute approximate surface area is 201 Å². The van der Waals surface area contributed by atoms with Gasteiger partial charge in [0.15, 0.2) is 5.13 Å². The molecule has 2 aliphatic rings. The predicted octanol–water partition coefficient (Wildman–Crippen LogP) is 3.39. The van der Waals surface area contributed by atoms with Crippen LogP contribution in [0.2, 0.25) is 0 Å². The number of alkyl halides is 2. The zero-order chi connectivity index (χ0) is 24.3. The van der Waals surface area contributed by atoms with Crippen LogP contribution in [0.1, 0.15) is 25.1 Å². The number of likely N-dealkylation sites (tertiary alicyclic amines) is 1. The molecule has 0 spiro atoms. The van der Waals surface area contributed by atoms with E-state index in [0.29, 0.717) is 36.3 Å². The molecule has 2 fully saturated rings. The van der Waals surface area contributed by atoms with Crippen molar-refractivity contribution in [3.63, 3.8) is 0 Å². The van der Waals surface area contributed by atoms with Crippen molar-refractivity contribution in [3.8, 4) is 11.3 Å². The van der Waals surface area contributed by atoms with E-state index in [2.05, 4.69) is 20.5 Å². The molecule has 2 aliphatic heterocycles. The molecule has 2 aromatic rings. The van der Waals surface area contributed by atoms with Crippen molar-refractivity contribution in [1.82, 2.24) is 20.1 Å². The number of halogens is 3. The highest BCUT2D eigenvalue weighted by Gasteiger charge is 2.38. The van der Waals surface area contributed by atoms with Gasteiger partial charge in [-0.05, 0) is 38.1 Å². The number of hydrogen-bond acceptors (Lipinski definition) is 7. The van der Waals surface area contributed by atoms with Crippen molar-refractivity contribution in [3.05, 3.63) is 35.0 Å². The smallest absolute Gasteiger partial charge is 0.261 e. The molecular weight excluding hydrogens is 467 g/mol. The van der Waals surface area contributed by atoms with Gasteiger partial charge < -0.3 is 10.1 Å². The lowest BCUT2D eigenvalue weighted by Gasteiger charge is -2.31. The number of benzene rings is 1. The van der Waals surface area contributed by atoms with Gasteiger partial charge in [0, 0.05) is 49.7 Å². The Morgan fingerprint density at radius 1 is 1.18 bits per heavy atom. The third-order valence-corrected chi connectivity index (χ3v) is 7.02. The molecular formula is C23H30F3N5O2S. The number of aromatic nitrogens is 1. The molecule has 7 nitrogen and oxygen atoms in total. The van der Waals surface area contributed by atoms with Gasteiger partial charge in [-0.15, -0.1) is 0 Å². The Balaban J connectivity index is 1.48. The minimum atomic E-state index is -2.70. The lowest BCUT2D eigenvalue weighted by atomic mass is 10.1. The quantitative estimate of drug-likeness (QED) is 0.583. The SMILES string of the molecule is CC(C)(NCN1CCOCC1)C(=O)Nc1nc(-c2ccc(F)cc2)c(CN2CCC(F)(F)C2)s1. The normalized spacial score (nSPS) is 19.4. The highest BCUT2D eigenvalue weighted by Crippen LogP contribution is 2.35.